The lowest BCUT2D eigenvalue weighted by molar-refractivity contribution is 0.0737. The van der Waals surface area contributed by atoms with Crippen molar-refractivity contribution in [3.8, 4) is 5.75 Å². The number of fused-ring (bicyclic) bond motifs is 1. The Morgan fingerprint density at radius 1 is 1.38 bits per heavy atom. The van der Waals surface area contributed by atoms with E-state index in [1.54, 1.807) is 7.11 Å². The standard InChI is InChI=1S/C16H24BrN3O/c1-21-16-5-4-12(9-14(16)17)15(10-18)20-8-7-19-6-2-3-13(19)11-20/h4-5,9,13,15H,2-3,6-8,10-11,18H2,1H3. The Labute approximate surface area is 135 Å². The number of methoxy groups -OCH3 is 1. The molecule has 1 aromatic carbocycles. The second kappa shape index (κ2) is 6.65. The van der Waals surface area contributed by atoms with Crippen molar-refractivity contribution in [3.63, 3.8) is 0 Å². The van der Waals surface area contributed by atoms with Gasteiger partial charge in [-0.1, -0.05) is 6.07 Å². The van der Waals surface area contributed by atoms with Crippen LogP contribution in [-0.2, 0) is 0 Å². The first-order valence-electron chi connectivity index (χ1n) is 7.74. The third-order valence-corrected chi connectivity index (χ3v) is 5.46. The fourth-order valence-corrected chi connectivity index (χ4v) is 4.24. The van der Waals surface area contributed by atoms with Gasteiger partial charge in [0.2, 0.25) is 0 Å². The van der Waals surface area contributed by atoms with E-state index in [1.165, 1.54) is 31.5 Å². The average molecular weight is 354 g/mol. The van der Waals surface area contributed by atoms with E-state index in [2.05, 4.69) is 37.9 Å². The Morgan fingerprint density at radius 3 is 2.95 bits per heavy atom. The minimum atomic E-state index is 0.301. The van der Waals surface area contributed by atoms with E-state index < -0.39 is 0 Å². The SMILES string of the molecule is COc1ccc(C(CN)N2CCN3CCCC3C2)cc1Br. The first-order chi connectivity index (χ1) is 10.2. The number of ether oxygens (including phenoxy) is 1. The molecule has 21 heavy (non-hydrogen) atoms. The number of nitrogens with two attached hydrogens (primary N) is 1. The molecular weight excluding hydrogens is 330 g/mol. The van der Waals surface area contributed by atoms with Crippen LogP contribution in [-0.4, -0.2) is 55.7 Å². The van der Waals surface area contributed by atoms with Gasteiger partial charge in [-0.3, -0.25) is 9.80 Å². The first-order valence-corrected chi connectivity index (χ1v) is 8.54. The molecule has 5 heteroatoms. The Kier molecular flexibility index (Phi) is 4.84. The monoisotopic (exact) mass is 353 g/mol. The highest BCUT2D eigenvalue weighted by Crippen LogP contribution is 2.32. The van der Waals surface area contributed by atoms with Crippen LogP contribution in [0.15, 0.2) is 22.7 Å². The largest absolute Gasteiger partial charge is 0.496 e. The molecule has 4 nitrogen and oxygen atoms in total. The average Bonchev–Trinajstić information content (AvgIpc) is 2.96. The zero-order chi connectivity index (χ0) is 14.8. The fraction of sp³-hybridized carbons (Fsp3) is 0.625. The molecule has 0 bridgehead atoms. The molecule has 116 valence electrons. The van der Waals surface area contributed by atoms with Crippen LogP contribution in [0.2, 0.25) is 0 Å². The van der Waals surface area contributed by atoms with Gasteiger partial charge in [-0.15, -0.1) is 0 Å². The van der Waals surface area contributed by atoms with Gasteiger partial charge in [0.15, 0.2) is 0 Å². The van der Waals surface area contributed by atoms with Crippen LogP contribution in [0.5, 0.6) is 5.75 Å². The smallest absolute Gasteiger partial charge is 0.133 e. The van der Waals surface area contributed by atoms with Crippen LogP contribution in [0.3, 0.4) is 0 Å². The van der Waals surface area contributed by atoms with Crippen LogP contribution >= 0.6 is 15.9 Å². The van der Waals surface area contributed by atoms with Gasteiger partial charge in [0.1, 0.15) is 5.75 Å². The summed E-state index contributed by atoms with van der Waals surface area (Å²) in [7, 11) is 1.69. The molecule has 2 fully saturated rings. The van der Waals surface area contributed by atoms with E-state index in [-0.39, 0.29) is 0 Å². The molecule has 2 unspecified atom stereocenters. The first kappa shape index (κ1) is 15.3. The summed E-state index contributed by atoms with van der Waals surface area (Å²) in [6.07, 6.45) is 2.68. The second-order valence-electron chi connectivity index (χ2n) is 5.97. The second-order valence-corrected chi connectivity index (χ2v) is 6.83. The van der Waals surface area contributed by atoms with Crippen molar-refractivity contribution in [1.82, 2.24) is 9.80 Å². The zero-order valence-corrected chi connectivity index (χ0v) is 14.2. The number of halogens is 1. The summed E-state index contributed by atoms with van der Waals surface area (Å²) >= 11 is 3.58. The molecule has 2 N–H and O–H groups in total. The summed E-state index contributed by atoms with van der Waals surface area (Å²) in [5.41, 5.74) is 7.37. The lowest BCUT2D eigenvalue weighted by Gasteiger charge is -2.41. The van der Waals surface area contributed by atoms with Crippen LogP contribution in [0, 0.1) is 0 Å². The van der Waals surface area contributed by atoms with Gasteiger partial charge < -0.3 is 10.5 Å². The van der Waals surface area contributed by atoms with Crippen molar-refractivity contribution in [2.24, 2.45) is 5.73 Å². The molecule has 3 rings (SSSR count). The number of piperazine rings is 1. The van der Waals surface area contributed by atoms with E-state index in [9.17, 15) is 0 Å². The minimum absolute atomic E-state index is 0.301. The van der Waals surface area contributed by atoms with Gasteiger partial charge in [0.25, 0.3) is 0 Å². The number of nitrogens with zero attached hydrogens (tertiary/aromatic N) is 2. The van der Waals surface area contributed by atoms with Gasteiger partial charge in [0, 0.05) is 38.3 Å². The zero-order valence-electron chi connectivity index (χ0n) is 12.6. The van der Waals surface area contributed by atoms with Crippen LogP contribution in [0.25, 0.3) is 0 Å². The van der Waals surface area contributed by atoms with Crippen molar-refractivity contribution >= 4 is 15.9 Å². The summed E-state index contributed by atoms with van der Waals surface area (Å²) in [6.45, 7) is 5.37. The van der Waals surface area contributed by atoms with Crippen LogP contribution in [0.1, 0.15) is 24.4 Å². The number of hydrogen-bond acceptors (Lipinski definition) is 4. The maximum atomic E-state index is 6.09. The van der Waals surface area contributed by atoms with Gasteiger partial charge in [0.05, 0.1) is 11.6 Å². The molecule has 2 saturated heterocycles. The summed E-state index contributed by atoms with van der Waals surface area (Å²) in [5.74, 6) is 0.870. The van der Waals surface area contributed by atoms with Crippen molar-refractivity contribution in [2.45, 2.75) is 24.9 Å². The molecule has 2 atom stereocenters. The Bertz CT molecular complexity index is 496. The maximum absolute atomic E-state index is 6.09. The van der Waals surface area contributed by atoms with Crippen LogP contribution < -0.4 is 10.5 Å². The molecule has 0 spiro atoms. The summed E-state index contributed by atoms with van der Waals surface area (Å²) in [5, 5.41) is 0. The van der Waals surface area contributed by atoms with E-state index in [0.717, 1.165) is 29.4 Å². The van der Waals surface area contributed by atoms with Crippen molar-refractivity contribution < 1.29 is 4.74 Å². The highest BCUT2D eigenvalue weighted by Gasteiger charge is 2.33. The molecule has 0 aliphatic carbocycles. The van der Waals surface area contributed by atoms with E-state index in [1.807, 2.05) is 6.07 Å². The van der Waals surface area contributed by atoms with Gasteiger partial charge in [-0.2, -0.15) is 0 Å². The maximum Gasteiger partial charge on any atom is 0.133 e. The molecule has 0 aromatic heterocycles. The number of rotatable bonds is 4. The topological polar surface area (TPSA) is 41.7 Å². The predicted molar refractivity (Wildman–Crippen MR) is 88.7 cm³/mol. The molecule has 0 amide bonds. The molecule has 2 heterocycles. The number of benzene rings is 1. The van der Waals surface area contributed by atoms with E-state index in [0.29, 0.717) is 12.6 Å². The summed E-state index contributed by atoms with van der Waals surface area (Å²) in [6, 6.07) is 7.34. The molecule has 0 saturated carbocycles. The molecular formula is C16H24BrN3O. The van der Waals surface area contributed by atoms with Gasteiger partial charge in [-0.25, -0.2) is 0 Å². The normalized spacial score (nSPS) is 24.8. The third kappa shape index (κ3) is 3.11. The fourth-order valence-electron chi connectivity index (χ4n) is 3.68. The highest BCUT2D eigenvalue weighted by molar-refractivity contribution is 9.10. The van der Waals surface area contributed by atoms with Crippen molar-refractivity contribution in [2.75, 3.05) is 39.8 Å². The van der Waals surface area contributed by atoms with Gasteiger partial charge in [-0.05, 0) is 53.0 Å². The molecule has 2 aliphatic rings. The summed E-state index contributed by atoms with van der Waals surface area (Å²) < 4.78 is 6.32. The Morgan fingerprint density at radius 2 is 2.24 bits per heavy atom. The Hall–Kier alpha value is -0.620. The third-order valence-electron chi connectivity index (χ3n) is 4.84. The molecule has 0 radical (unpaired) electrons. The quantitative estimate of drug-likeness (QED) is 0.901. The van der Waals surface area contributed by atoms with E-state index in [4.69, 9.17) is 10.5 Å². The highest BCUT2D eigenvalue weighted by atomic mass is 79.9. The lowest BCUT2D eigenvalue weighted by atomic mass is 10.0. The lowest BCUT2D eigenvalue weighted by Crippen LogP contribution is -2.52. The molecule has 2 aliphatic heterocycles. The van der Waals surface area contributed by atoms with Gasteiger partial charge >= 0.3 is 0 Å². The minimum Gasteiger partial charge on any atom is -0.496 e. The van der Waals surface area contributed by atoms with Crippen molar-refractivity contribution in [3.05, 3.63) is 28.2 Å². The van der Waals surface area contributed by atoms with Crippen LogP contribution in [0.4, 0.5) is 0 Å². The Balaban J connectivity index is 1.76. The predicted octanol–water partition coefficient (Wildman–Crippen LogP) is 2.24. The molecule has 1 aromatic rings. The van der Waals surface area contributed by atoms with Crippen molar-refractivity contribution in [1.29, 1.82) is 0 Å². The number of hydrogen-bond donors (Lipinski definition) is 1. The van der Waals surface area contributed by atoms with E-state index >= 15 is 0 Å². The summed E-state index contributed by atoms with van der Waals surface area (Å²) in [4.78, 5) is 5.19.